The van der Waals surface area contributed by atoms with Crippen molar-refractivity contribution in [1.29, 1.82) is 0 Å². The lowest BCUT2D eigenvalue weighted by atomic mass is 9.93. The van der Waals surface area contributed by atoms with Gasteiger partial charge in [-0.3, -0.25) is 0 Å². The largest absolute Gasteiger partial charge is 0.507 e. The SMILES string of the molecule is CCCc1cc(-c2ccccc2)c(O)c(CCC)c1O. The standard InChI is InChI=1S/C18H22O2/c1-3-8-14-12-16(13-10-6-5-7-11-13)18(20)15(9-4-2)17(14)19/h5-7,10-12,19-20H,3-4,8-9H2,1-2H3. The van der Waals surface area contributed by atoms with Crippen LogP contribution in [0.2, 0.25) is 0 Å². The molecule has 0 bridgehead atoms. The van der Waals surface area contributed by atoms with E-state index >= 15 is 0 Å². The molecule has 0 aromatic heterocycles. The van der Waals surface area contributed by atoms with Crippen molar-refractivity contribution in [3.8, 4) is 22.6 Å². The summed E-state index contributed by atoms with van der Waals surface area (Å²) in [5.41, 5.74) is 3.40. The summed E-state index contributed by atoms with van der Waals surface area (Å²) in [5.74, 6) is 0.487. The minimum absolute atomic E-state index is 0.218. The van der Waals surface area contributed by atoms with E-state index in [1.54, 1.807) is 0 Å². The van der Waals surface area contributed by atoms with Gasteiger partial charge in [-0.25, -0.2) is 0 Å². The van der Waals surface area contributed by atoms with Crippen LogP contribution in [0.1, 0.15) is 37.8 Å². The molecule has 0 unspecified atom stereocenters. The number of aryl methyl sites for hydroxylation is 1. The Labute approximate surface area is 120 Å². The van der Waals surface area contributed by atoms with Gasteiger partial charge in [-0.15, -0.1) is 0 Å². The number of phenolic OH excluding ortho intramolecular Hbond substituents is 2. The Morgan fingerprint density at radius 3 is 2.10 bits per heavy atom. The highest BCUT2D eigenvalue weighted by Gasteiger charge is 2.17. The molecular weight excluding hydrogens is 248 g/mol. The molecule has 0 amide bonds. The topological polar surface area (TPSA) is 40.5 Å². The van der Waals surface area contributed by atoms with Crippen molar-refractivity contribution in [3.63, 3.8) is 0 Å². The van der Waals surface area contributed by atoms with Gasteiger partial charge in [0.25, 0.3) is 0 Å². The van der Waals surface area contributed by atoms with E-state index in [1.165, 1.54) is 0 Å². The van der Waals surface area contributed by atoms with E-state index < -0.39 is 0 Å². The number of benzene rings is 2. The van der Waals surface area contributed by atoms with Crippen LogP contribution in [0.5, 0.6) is 11.5 Å². The Morgan fingerprint density at radius 2 is 1.50 bits per heavy atom. The van der Waals surface area contributed by atoms with Gasteiger partial charge in [0.1, 0.15) is 11.5 Å². The number of rotatable bonds is 5. The maximum atomic E-state index is 10.5. The molecule has 0 fully saturated rings. The van der Waals surface area contributed by atoms with Gasteiger partial charge in [-0.05, 0) is 30.0 Å². The van der Waals surface area contributed by atoms with Crippen LogP contribution in [-0.2, 0) is 12.8 Å². The third kappa shape index (κ3) is 2.79. The first-order valence-corrected chi connectivity index (χ1v) is 7.31. The summed E-state index contributed by atoms with van der Waals surface area (Å²) in [6.07, 6.45) is 3.38. The lowest BCUT2D eigenvalue weighted by Crippen LogP contribution is -1.95. The van der Waals surface area contributed by atoms with Crippen LogP contribution < -0.4 is 0 Å². The lowest BCUT2D eigenvalue weighted by molar-refractivity contribution is 0.434. The number of phenols is 2. The monoisotopic (exact) mass is 270 g/mol. The lowest BCUT2D eigenvalue weighted by Gasteiger charge is -2.15. The summed E-state index contributed by atoms with van der Waals surface area (Å²) in [7, 11) is 0. The van der Waals surface area contributed by atoms with Crippen LogP contribution in [0, 0.1) is 0 Å². The molecule has 106 valence electrons. The molecule has 0 heterocycles. The summed E-state index contributed by atoms with van der Waals surface area (Å²) in [4.78, 5) is 0. The van der Waals surface area contributed by atoms with Gasteiger partial charge in [-0.2, -0.15) is 0 Å². The van der Waals surface area contributed by atoms with Gasteiger partial charge in [0.15, 0.2) is 0 Å². The second-order valence-electron chi connectivity index (χ2n) is 5.13. The summed E-state index contributed by atoms with van der Waals surface area (Å²) >= 11 is 0. The zero-order chi connectivity index (χ0) is 14.5. The molecule has 2 aromatic carbocycles. The van der Waals surface area contributed by atoms with Crippen molar-refractivity contribution in [1.82, 2.24) is 0 Å². The Kier molecular flexibility index (Phi) is 4.67. The maximum Gasteiger partial charge on any atom is 0.130 e. The molecule has 2 N–H and O–H groups in total. The molecule has 0 spiro atoms. The Balaban J connectivity index is 2.62. The van der Waals surface area contributed by atoms with Crippen molar-refractivity contribution < 1.29 is 10.2 Å². The smallest absolute Gasteiger partial charge is 0.130 e. The normalized spacial score (nSPS) is 10.7. The van der Waals surface area contributed by atoms with Gasteiger partial charge in [0.05, 0.1) is 0 Å². The minimum Gasteiger partial charge on any atom is -0.507 e. The molecular formula is C18H22O2. The average Bonchev–Trinajstić information content (AvgIpc) is 2.47. The summed E-state index contributed by atoms with van der Waals surface area (Å²) in [6.45, 7) is 4.14. The molecule has 0 aliphatic heterocycles. The highest BCUT2D eigenvalue weighted by atomic mass is 16.3. The van der Waals surface area contributed by atoms with Crippen LogP contribution in [-0.4, -0.2) is 10.2 Å². The summed E-state index contributed by atoms with van der Waals surface area (Å²) < 4.78 is 0. The predicted octanol–water partition coefficient (Wildman–Crippen LogP) is 4.67. The van der Waals surface area contributed by atoms with E-state index in [0.717, 1.165) is 36.0 Å². The minimum atomic E-state index is 0.218. The maximum absolute atomic E-state index is 10.5. The van der Waals surface area contributed by atoms with E-state index in [4.69, 9.17) is 0 Å². The summed E-state index contributed by atoms with van der Waals surface area (Å²) in [5, 5.41) is 20.8. The van der Waals surface area contributed by atoms with Crippen molar-refractivity contribution in [2.45, 2.75) is 39.5 Å². The Bertz CT molecular complexity index is 574. The second-order valence-corrected chi connectivity index (χ2v) is 5.13. The average molecular weight is 270 g/mol. The van der Waals surface area contributed by atoms with Crippen molar-refractivity contribution in [2.24, 2.45) is 0 Å². The van der Waals surface area contributed by atoms with E-state index in [-0.39, 0.29) is 11.5 Å². The highest BCUT2D eigenvalue weighted by molar-refractivity contribution is 5.75. The second kappa shape index (κ2) is 6.47. The van der Waals surface area contributed by atoms with E-state index in [9.17, 15) is 10.2 Å². The first-order chi connectivity index (χ1) is 9.69. The molecule has 2 heteroatoms. The molecule has 0 atom stereocenters. The first kappa shape index (κ1) is 14.4. The van der Waals surface area contributed by atoms with Gasteiger partial charge < -0.3 is 10.2 Å². The fourth-order valence-electron chi connectivity index (χ4n) is 2.56. The van der Waals surface area contributed by atoms with Crippen molar-refractivity contribution >= 4 is 0 Å². The molecule has 0 saturated carbocycles. The predicted molar refractivity (Wildman–Crippen MR) is 83.2 cm³/mol. The third-order valence-electron chi connectivity index (χ3n) is 3.55. The van der Waals surface area contributed by atoms with E-state index in [1.807, 2.05) is 43.3 Å². The van der Waals surface area contributed by atoms with Gasteiger partial charge >= 0.3 is 0 Å². The molecule has 0 aliphatic carbocycles. The molecule has 0 aliphatic rings. The molecule has 2 aromatic rings. The van der Waals surface area contributed by atoms with Crippen LogP contribution >= 0.6 is 0 Å². The van der Waals surface area contributed by atoms with Gasteiger partial charge in [0.2, 0.25) is 0 Å². The van der Waals surface area contributed by atoms with Crippen LogP contribution in [0.25, 0.3) is 11.1 Å². The zero-order valence-corrected chi connectivity index (χ0v) is 12.2. The molecule has 2 nitrogen and oxygen atoms in total. The first-order valence-electron chi connectivity index (χ1n) is 7.31. The Morgan fingerprint density at radius 1 is 0.850 bits per heavy atom. The Hall–Kier alpha value is -1.96. The quantitative estimate of drug-likeness (QED) is 0.828. The molecule has 0 radical (unpaired) electrons. The number of aromatic hydroxyl groups is 2. The number of hydrogen-bond donors (Lipinski definition) is 2. The summed E-state index contributed by atoms with van der Waals surface area (Å²) in [6, 6.07) is 11.8. The highest BCUT2D eigenvalue weighted by Crippen LogP contribution is 2.40. The number of hydrogen-bond acceptors (Lipinski definition) is 2. The fraction of sp³-hybridized carbons (Fsp3) is 0.333. The van der Waals surface area contributed by atoms with Crippen LogP contribution in [0.15, 0.2) is 36.4 Å². The molecule has 2 rings (SSSR count). The molecule has 20 heavy (non-hydrogen) atoms. The van der Waals surface area contributed by atoms with Crippen molar-refractivity contribution in [2.75, 3.05) is 0 Å². The van der Waals surface area contributed by atoms with Crippen LogP contribution in [0.4, 0.5) is 0 Å². The third-order valence-corrected chi connectivity index (χ3v) is 3.55. The zero-order valence-electron chi connectivity index (χ0n) is 12.2. The van der Waals surface area contributed by atoms with E-state index in [2.05, 4.69) is 6.92 Å². The fourth-order valence-corrected chi connectivity index (χ4v) is 2.56. The van der Waals surface area contributed by atoms with Crippen LogP contribution in [0.3, 0.4) is 0 Å². The van der Waals surface area contributed by atoms with E-state index in [0.29, 0.717) is 12.0 Å². The van der Waals surface area contributed by atoms with Gasteiger partial charge in [-0.1, -0.05) is 57.0 Å². The molecule has 0 saturated heterocycles. The van der Waals surface area contributed by atoms with Crippen molar-refractivity contribution in [3.05, 3.63) is 47.5 Å². The van der Waals surface area contributed by atoms with Gasteiger partial charge in [0, 0.05) is 11.1 Å².